The zero-order chi connectivity index (χ0) is 20.1. The molecule has 0 radical (unpaired) electrons. The maximum atomic E-state index is 12.6. The summed E-state index contributed by atoms with van der Waals surface area (Å²) in [6.07, 6.45) is 1.95. The average Bonchev–Trinajstić information content (AvgIpc) is 3.36. The molecule has 1 atom stereocenters. The van der Waals surface area contributed by atoms with E-state index in [-0.39, 0.29) is 18.5 Å². The Labute approximate surface area is 168 Å². The van der Waals surface area contributed by atoms with Crippen molar-refractivity contribution in [2.75, 3.05) is 27.4 Å². The maximum absolute atomic E-state index is 12.6. The predicted octanol–water partition coefficient (Wildman–Crippen LogP) is 2.86. The van der Waals surface area contributed by atoms with Gasteiger partial charge in [-0.1, -0.05) is 6.07 Å². The van der Waals surface area contributed by atoms with Crippen LogP contribution in [0.4, 0.5) is 0 Å². The van der Waals surface area contributed by atoms with E-state index < -0.39 is 6.04 Å². The zero-order valence-electron chi connectivity index (χ0n) is 16.3. The highest BCUT2D eigenvalue weighted by Crippen LogP contribution is 2.28. The van der Waals surface area contributed by atoms with Gasteiger partial charge < -0.3 is 19.1 Å². The molecular weight excluding hydrogens is 380 g/mol. The summed E-state index contributed by atoms with van der Waals surface area (Å²) in [6, 6.07) is 5.05. The van der Waals surface area contributed by atoms with Gasteiger partial charge in [0.15, 0.2) is 11.5 Å². The molecule has 1 saturated heterocycles. The minimum absolute atomic E-state index is 0.205. The molecule has 150 valence electrons. The first-order valence-electron chi connectivity index (χ1n) is 9.14. The van der Waals surface area contributed by atoms with Crippen LogP contribution >= 0.6 is 11.3 Å². The lowest BCUT2D eigenvalue weighted by Gasteiger charge is -2.22. The number of methoxy groups -OCH3 is 2. The molecule has 28 heavy (non-hydrogen) atoms. The number of rotatable bonds is 7. The van der Waals surface area contributed by atoms with E-state index in [1.54, 1.807) is 24.5 Å². The number of nitrogens with zero attached hydrogens (tertiary/aromatic N) is 2. The molecule has 2 aromatic rings. The van der Waals surface area contributed by atoms with Crippen LogP contribution in [0.25, 0.3) is 0 Å². The number of ether oxygens (including phenoxy) is 3. The van der Waals surface area contributed by atoms with Crippen LogP contribution in [0.15, 0.2) is 23.6 Å². The summed E-state index contributed by atoms with van der Waals surface area (Å²) in [5, 5.41) is 2.56. The number of hydrogen-bond donors (Lipinski definition) is 0. The van der Waals surface area contributed by atoms with Crippen LogP contribution in [0.1, 0.15) is 33.9 Å². The summed E-state index contributed by atoms with van der Waals surface area (Å²) in [4.78, 5) is 31.0. The number of benzene rings is 1. The maximum Gasteiger partial charge on any atom is 0.328 e. The number of thiazole rings is 1. The van der Waals surface area contributed by atoms with E-state index in [1.807, 2.05) is 25.1 Å². The predicted molar refractivity (Wildman–Crippen MR) is 105 cm³/mol. The van der Waals surface area contributed by atoms with Gasteiger partial charge in [0.1, 0.15) is 11.7 Å². The van der Waals surface area contributed by atoms with Crippen molar-refractivity contribution in [2.24, 2.45) is 0 Å². The minimum Gasteiger partial charge on any atom is -0.493 e. The summed E-state index contributed by atoms with van der Waals surface area (Å²) < 4.78 is 16.0. The van der Waals surface area contributed by atoms with Crippen molar-refractivity contribution in [1.82, 2.24) is 9.88 Å². The molecule has 1 amide bonds. The normalized spacial score (nSPS) is 16.1. The molecule has 0 unspecified atom stereocenters. The van der Waals surface area contributed by atoms with E-state index in [0.29, 0.717) is 36.6 Å². The largest absolute Gasteiger partial charge is 0.493 e. The first-order valence-corrected chi connectivity index (χ1v) is 10.0. The first-order chi connectivity index (χ1) is 13.5. The van der Waals surface area contributed by atoms with Crippen LogP contribution in [-0.4, -0.2) is 55.2 Å². The van der Waals surface area contributed by atoms with Gasteiger partial charge >= 0.3 is 5.97 Å². The Hall–Kier alpha value is -2.61. The molecule has 1 aliphatic rings. The van der Waals surface area contributed by atoms with Crippen LogP contribution in [0, 0.1) is 6.92 Å². The number of aromatic nitrogens is 1. The fraction of sp³-hybridized carbons (Fsp3) is 0.450. The lowest BCUT2D eigenvalue weighted by molar-refractivity contribution is -0.148. The SMILES string of the molecule is COc1ccc(CCOC(=O)[C@@H]2CCCN2C(=O)c2csc(C)n2)cc1OC. The van der Waals surface area contributed by atoms with Crippen molar-refractivity contribution in [2.45, 2.75) is 32.2 Å². The van der Waals surface area contributed by atoms with Gasteiger partial charge in [-0.3, -0.25) is 4.79 Å². The molecule has 0 bridgehead atoms. The molecule has 1 fully saturated rings. The number of hydrogen-bond acceptors (Lipinski definition) is 7. The summed E-state index contributed by atoms with van der Waals surface area (Å²) in [5.74, 6) is 0.722. The van der Waals surface area contributed by atoms with E-state index in [2.05, 4.69) is 4.98 Å². The Balaban J connectivity index is 1.56. The summed E-state index contributed by atoms with van der Waals surface area (Å²) in [7, 11) is 3.16. The smallest absolute Gasteiger partial charge is 0.328 e. The van der Waals surface area contributed by atoms with Gasteiger partial charge in [0.05, 0.1) is 25.8 Å². The first kappa shape index (κ1) is 20.1. The topological polar surface area (TPSA) is 78.0 Å². The summed E-state index contributed by atoms with van der Waals surface area (Å²) >= 11 is 1.42. The Bertz CT molecular complexity index is 851. The monoisotopic (exact) mass is 404 g/mol. The van der Waals surface area contributed by atoms with E-state index >= 15 is 0 Å². The van der Waals surface area contributed by atoms with Crippen LogP contribution in [0.2, 0.25) is 0 Å². The number of aryl methyl sites for hydroxylation is 1. The van der Waals surface area contributed by atoms with Gasteiger partial charge in [0, 0.05) is 18.3 Å². The van der Waals surface area contributed by atoms with Gasteiger partial charge in [-0.2, -0.15) is 0 Å². The van der Waals surface area contributed by atoms with Crippen molar-refractivity contribution in [3.63, 3.8) is 0 Å². The highest BCUT2D eigenvalue weighted by atomic mass is 32.1. The molecule has 3 rings (SSSR count). The Morgan fingerprint density at radius 1 is 1.25 bits per heavy atom. The second-order valence-corrected chi connectivity index (χ2v) is 7.58. The molecular formula is C20H24N2O5S. The van der Waals surface area contributed by atoms with E-state index in [4.69, 9.17) is 14.2 Å². The van der Waals surface area contributed by atoms with Crippen LogP contribution < -0.4 is 9.47 Å². The molecule has 0 aliphatic carbocycles. The zero-order valence-corrected chi connectivity index (χ0v) is 17.1. The quantitative estimate of drug-likeness (QED) is 0.661. The second-order valence-electron chi connectivity index (χ2n) is 6.52. The molecule has 0 N–H and O–H groups in total. The minimum atomic E-state index is -0.542. The Kier molecular flexibility index (Phi) is 6.51. The third-order valence-corrected chi connectivity index (χ3v) is 5.48. The fourth-order valence-electron chi connectivity index (χ4n) is 3.27. The van der Waals surface area contributed by atoms with Gasteiger partial charge in [-0.05, 0) is 37.5 Å². The van der Waals surface area contributed by atoms with Crippen LogP contribution in [-0.2, 0) is 16.0 Å². The molecule has 0 saturated carbocycles. The standard InChI is InChI=1S/C20H24N2O5S/c1-13-21-15(12-28-13)19(23)22-9-4-5-16(22)20(24)27-10-8-14-6-7-17(25-2)18(11-14)26-3/h6-7,11-12,16H,4-5,8-10H2,1-3H3/t16-/m0/s1. The van der Waals surface area contributed by atoms with Crippen molar-refractivity contribution >= 4 is 23.2 Å². The van der Waals surface area contributed by atoms with Gasteiger partial charge in [-0.15, -0.1) is 11.3 Å². The van der Waals surface area contributed by atoms with Gasteiger partial charge in [-0.25, -0.2) is 9.78 Å². The van der Waals surface area contributed by atoms with E-state index in [0.717, 1.165) is 17.0 Å². The molecule has 2 heterocycles. The lowest BCUT2D eigenvalue weighted by Crippen LogP contribution is -2.41. The number of esters is 1. The average molecular weight is 404 g/mol. The summed E-state index contributed by atoms with van der Waals surface area (Å²) in [5.41, 5.74) is 1.37. The number of carbonyl (C=O) groups excluding carboxylic acids is 2. The van der Waals surface area contributed by atoms with Gasteiger partial charge in [0.2, 0.25) is 0 Å². The van der Waals surface area contributed by atoms with E-state index in [1.165, 1.54) is 11.3 Å². The Morgan fingerprint density at radius 3 is 2.71 bits per heavy atom. The van der Waals surface area contributed by atoms with Crippen molar-refractivity contribution < 1.29 is 23.8 Å². The van der Waals surface area contributed by atoms with Crippen molar-refractivity contribution in [1.29, 1.82) is 0 Å². The van der Waals surface area contributed by atoms with Crippen LogP contribution in [0.5, 0.6) is 11.5 Å². The number of likely N-dealkylation sites (tertiary alicyclic amines) is 1. The molecule has 1 aromatic carbocycles. The number of amides is 1. The highest BCUT2D eigenvalue weighted by Gasteiger charge is 2.36. The van der Waals surface area contributed by atoms with Crippen molar-refractivity contribution in [3.8, 4) is 11.5 Å². The Morgan fingerprint density at radius 2 is 2.04 bits per heavy atom. The van der Waals surface area contributed by atoms with Crippen LogP contribution in [0.3, 0.4) is 0 Å². The molecule has 0 spiro atoms. The van der Waals surface area contributed by atoms with Crippen molar-refractivity contribution in [3.05, 3.63) is 39.8 Å². The molecule has 8 heteroatoms. The molecule has 1 aliphatic heterocycles. The van der Waals surface area contributed by atoms with E-state index in [9.17, 15) is 9.59 Å². The highest BCUT2D eigenvalue weighted by molar-refractivity contribution is 7.09. The molecule has 7 nitrogen and oxygen atoms in total. The van der Waals surface area contributed by atoms with Gasteiger partial charge in [0.25, 0.3) is 5.91 Å². The third kappa shape index (κ3) is 4.44. The second kappa shape index (κ2) is 9.05. The summed E-state index contributed by atoms with van der Waals surface area (Å²) in [6.45, 7) is 2.64. The molecule has 1 aromatic heterocycles. The lowest BCUT2D eigenvalue weighted by atomic mass is 10.1. The third-order valence-electron chi connectivity index (χ3n) is 4.71. The fourth-order valence-corrected chi connectivity index (χ4v) is 3.85. The number of carbonyl (C=O) groups is 2.